The molecule has 0 aliphatic heterocycles. The van der Waals surface area contributed by atoms with Gasteiger partial charge >= 0.3 is 0 Å². The van der Waals surface area contributed by atoms with Gasteiger partial charge in [-0.2, -0.15) is 5.10 Å². The zero-order chi connectivity index (χ0) is 14.2. The zero-order valence-corrected chi connectivity index (χ0v) is 13.0. The number of carbonyl (C=O) groups excluding carboxylic acids is 1. The Labute approximate surface area is 121 Å². The third-order valence-corrected chi connectivity index (χ3v) is 4.50. The summed E-state index contributed by atoms with van der Waals surface area (Å²) in [5.41, 5.74) is 2.35. The largest absolute Gasteiger partial charge is 0.336 e. The summed E-state index contributed by atoms with van der Waals surface area (Å²) in [6, 6.07) is 2.06. The number of amides is 1. The van der Waals surface area contributed by atoms with Crippen molar-refractivity contribution in [2.45, 2.75) is 20.4 Å². The monoisotopic (exact) mass is 297 g/mol. The topological polar surface area (TPSA) is 38.1 Å². The Hall–Kier alpha value is -1.33. The van der Waals surface area contributed by atoms with E-state index in [-0.39, 0.29) is 5.91 Å². The van der Waals surface area contributed by atoms with E-state index in [9.17, 15) is 4.79 Å². The van der Waals surface area contributed by atoms with E-state index in [1.807, 2.05) is 12.3 Å². The van der Waals surface area contributed by atoms with Crippen LogP contribution in [0.5, 0.6) is 0 Å². The lowest BCUT2D eigenvalue weighted by Gasteiger charge is -2.16. The molecular formula is C13H16ClN3OS. The maximum Gasteiger partial charge on any atom is 0.258 e. The van der Waals surface area contributed by atoms with E-state index in [0.717, 1.165) is 0 Å². The van der Waals surface area contributed by atoms with E-state index < -0.39 is 0 Å². The van der Waals surface area contributed by atoms with Crippen LogP contribution in [0.3, 0.4) is 0 Å². The molecule has 2 rings (SSSR count). The fraction of sp³-hybridized carbons (Fsp3) is 0.385. The smallest absolute Gasteiger partial charge is 0.258 e. The van der Waals surface area contributed by atoms with Gasteiger partial charge in [0.05, 0.1) is 17.8 Å². The second-order valence-electron chi connectivity index (χ2n) is 4.56. The van der Waals surface area contributed by atoms with E-state index in [4.69, 9.17) is 11.6 Å². The van der Waals surface area contributed by atoms with Crippen molar-refractivity contribution in [2.75, 3.05) is 7.05 Å². The summed E-state index contributed by atoms with van der Waals surface area (Å²) in [4.78, 5) is 15.3. The zero-order valence-electron chi connectivity index (χ0n) is 11.4. The van der Waals surface area contributed by atoms with Crippen molar-refractivity contribution in [3.05, 3.63) is 38.3 Å². The van der Waals surface area contributed by atoms with Crippen molar-refractivity contribution in [2.24, 2.45) is 7.05 Å². The lowest BCUT2D eigenvalue weighted by Crippen LogP contribution is -2.26. The molecule has 0 aliphatic carbocycles. The molecule has 0 aromatic carbocycles. The Morgan fingerprint density at radius 3 is 2.68 bits per heavy atom. The SMILES string of the molecule is Cc1ccsc1CN(C)C(=O)c1c(C)nn(C)c1Cl. The van der Waals surface area contributed by atoms with Gasteiger partial charge in [0.25, 0.3) is 5.91 Å². The highest BCUT2D eigenvalue weighted by atomic mass is 35.5. The number of aromatic nitrogens is 2. The average Bonchev–Trinajstić information content (AvgIpc) is 2.84. The maximum absolute atomic E-state index is 12.4. The van der Waals surface area contributed by atoms with Crippen LogP contribution in [0.2, 0.25) is 5.15 Å². The minimum absolute atomic E-state index is 0.0941. The molecule has 4 nitrogen and oxygen atoms in total. The fourth-order valence-corrected chi connectivity index (χ4v) is 3.13. The van der Waals surface area contributed by atoms with Crippen LogP contribution in [-0.2, 0) is 13.6 Å². The molecule has 0 fully saturated rings. The van der Waals surface area contributed by atoms with Crippen molar-refractivity contribution in [3.8, 4) is 0 Å². The van der Waals surface area contributed by atoms with Crippen molar-refractivity contribution < 1.29 is 4.79 Å². The predicted molar refractivity (Wildman–Crippen MR) is 77.8 cm³/mol. The van der Waals surface area contributed by atoms with Crippen LogP contribution in [0.15, 0.2) is 11.4 Å². The highest BCUT2D eigenvalue weighted by Gasteiger charge is 2.22. The standard InChI is InChI=1S/C13H16ClN3OS/c1-8-5-6-19-10(8)7-16(3)13(18)11-9(2)15-17(4)12(11)14/h5-6H,7H2,1-4H3. The first-order valence-electron chi connectivity index (χ1n) is 5.89. The minimum atomic E-state index is -0.0941. The summed E-state index contributed by atoms with van der Waals surface area (Å²) < 4.78 is 1.52. The first kappa shape index (κ1) is 14.1. The fourth-order valence-electron chi connectivity index (χ4n) is 1.92. The van der Waals surface area contributed by atoms with E-state index in [0.29, 0.717) is 23.0 Å². The van der Waals surface area contributed by atoms with Gasteiger partial charge in [-0.3, -0.25) is 9.48 Å². The van der Waals surface area contributed by atoms with Crippen LogP contribution >= 0.6 is 22.9 Å². The Morgan fingerprint density at radius 2 is 2.21 bits per heavy atom. The van der Waals surface area contributed by atoms with Gasteiger partial charge in [-0.05, 0) is 30.9 Å². The third kappa shape index (κ3) is 2.67. The van der Waals surface area contributed by atoms with Crippen molar-refractivity contribution in [1.82, 2.24) is 14.7 Å². The normalized spacial score (nSPS) is 10.8. The molecule has 0 unspecified atom stereocenters. The van der Waals surface area contributed by atoms with Crippen LogP contribution in [0.25, 0.3) is 0 Å². The molecule has 0 atom stereocenters. The van der Waals surface area contributed by atoms with Gasteiger partial charge in [-0.25, -0.2) is 0 Å². The number of nitrogens with zero attached hydrogens (tertiary/aromatic N) is 3. The number of halogens is 1. The second-order valence-corrected chi connectivity index (χ2v) is 5.92. The van der Waals surface area contributed by atoms with Gasteiger partial charge in [-0.1, -0.05) is 11.6 Å². The molecule has 0 spiro atoms. The van der Waals surface area contributed by atoms with Crippen LogP contribution < -0.4 is 0 Å². The summed E-state index contributed by atoms with van der Waals surface area (Å²) in [5.74, 6) is -0.0941. The van der Waals surface area contributed by atoms with Crippen molar-refractivity contribution in [1.29, 1.82) is 0 Å². The molecule has 1 amide bonds. The van der Waals surface area contributed by atoms with E-state index in [1.165, 1.54) is 15.1 Å². The lowest BCUT2D eigenvalue weighted by molar-refractivity contribution is 0.0785. The Kier molecular flexibility index (Phi) is 3.96. The van der Waals surface area contributed by atoms with Gasteiger partial charge in [-0.15, -0.1) is 11.3 Å². The van der Waals surface area contributed by atoms with Gasteiger partial charge in [0, 0.05) is 19.0 Å². The molecular weight excluding hydrogens is 282 g/mol. The van der Waals surface area contributed by atoms with Crippen LogP contribution in [-0.4, -0.2) is 27.6 Å². The summed E-state index contributed by atoms with van der Waals surface area (Å²) >= 11 is 7.78. The summed E-state index contributed by atoms with van der Waals surface area (Å²) in [5, 5.41) is 6.59. The number of hydrogen-bond acceptors (Lipinski definition) is 3. The molecule has 0 aliphatic rings. The quantitative estimate of drug-likeness (QED) is 0.873. The molecule has 2 heterocycles. The summed E-state index contributed by atoms with van der Waals surface area (Å²) in [6.07, 6.45) is 0. The minimum Gasteiger partial charge on any atom is -0.336 e. The Bertz CT molecular complexity index is 617. The third-order valence-electron chi connectivity index (χ3n) is 3.06. The molecule has 2 aromatic heterocycles. The molecule has 2 aromatic rings. The first-order valence-corrected chi connectivity index (χ1v) is 7.15. The van der Waals surface area contributed by atoms with Crippen LogP contribution in [0.1, 0.15) is 26.5 Å². The lowest BCUT2D eigenvalue weighted by atomic mass is 10.2. The van der Waals surface area contributed by atoms with Gasteiger partial charge < -0.3 is 4.90 Å². The maximum atomic E-state index is 12.4. The molecule has 0 radical (unpaired) electrons. The van der Waals surface area contributed by atoms with Gasteiger partial charge in [0.15, 0.2) is 0 Å². The van der Waals surface area contributed by atoms with Gasteiger partial charge in [0.1, 0.15) is 5.15 Å². The Balaban J connectivity index is 2.22. The molecule has 6 heteroatoms. The summed E-state index contributed by atoms with van der Waals surface area (Å²) in [6.45, 7) is 4.43. The average molecular weight is 298 g/mol. The van der Waals surface area contributed by atoms with E-state index in [2.05, 4.69) is 11.2 Å². The Morgan fingerprint density at radius 1 is 1.53 bits per heavy atom. The van der Waals surface area contributed by atoms with Crippen molar-refractivity contribution in [3.63, 3.8) is 0 Å². The predicted octanol–water partition coefficient (Wildman–Crippen LogP) is 3.02. The molecule has 0 bridgehead atoms. The van der Waals surface area contributed by atoms with Crippen LogP contribution in [0, 0.1) is 13.8 Å². The molecule has 19 heavy (non-hydrogen) atoms. The molecule has 0 N–H and O–H groups in total. The first-order chi connectivity index (χ1) is 8.91. The summed E-state index contributed by atoms with van der Waals surface area (Å²) in [7, 11) is 3.51. The second kappa shape index (κ2) is 5.35. The number of thiophene rings is 1. The highest BCUT2D eigenvalue weighted by molar-refractivity contribution is 7.10. The van der Waals surface area contributed by atoms with E-state index >= 15 is 0 Å². The molecule has 102 valence electrons. The van der Waals surface area contributed by atoms with Crippen molar-refractivity contribution >= 4 is 28.8 Å². The van der Waals surface area contributed by atoms with Crippen LogP contribution in [0.4, 0.5) is 0 Å². The highest BCUT2D eigenvalue weighted by Crippen LogP contribution is 2.22. The molecule has 0 saturated heterocycles. The number of carbonyl (C=O) groups is 1. The van der Waals surface area contributed by atoms with E-state index in [1.54, 1.807) is 37.3 Å². The number of rotatable bonds is 3. The molecule has 0 saturated carbocycles. The van der Waals surface area contributed by atoms with Gasteiger partial charge in [0.2, 0.25) is 0 Å². The number of hydrogen-bond donors (Lipinski definition) is 0. The number of aryl methyl sites for hydroxylation is 3.